The highest BCUT2D eigenvalue weighted by Crippen LogP contribution is 2.39. The molecule has 1 heterocycles. The molecule has 0 spiro atoms. The Labute approximate surface area is 114 Å². The van der Waals surface area contributed by atoms with Gasteiger partial charge in [-0.1, -0.05) is 19.3 Å². The van der Waals surface area contributed by atoms with Crippen LogP contribution in [-0.2, 0) is 4.79 Å². The van der Waals surface area contributed by atoms with E-state index in [0.29, 0.717) is 0 Å². The molecule has 0 aromatic rings. The van der Waals surface area contributed by atoms with Crippen molar-refractivity contribution in [1.82, 2.24) is 10.2 Å². The summed E-state index contributed by atoms with van der Waals surface area (Å²) in [5.41, 5.74) is -1.10. The average molecular weight is 268 g/mol. The highest BCUT2D eigenvalue weighted by molar-refractivity contribution is 5.86. The molecule has 5 heteroatoms. The average Bonchev–Trinajstić information content (AvgIpc) is 3.11. The molecule has 1 aliphatic heterocycles. The molecule has 0 aromatic carbocycles. The first kappa shape index (κ1) is 14.2. The molecule has 1 saturated carbocycles. The fourth-order valence-electron chi connectivity index (χ4n) is 2.74. The molecule has 0 aromatic heterocycles. The first-order valence-electron chi connectivity index (χ1n) is 7.34. The number of amides is 2. The SMILES string of the molecule is CC(NC(=O)N1CCCCCCC1)(C(=O)O)C1CC1. The van der Waals surface area contributed by atoms with E-state index in [1.165, 1.54) is 6.42 Å². The van der Waals surface area contributed by atoms with Crippen LogP contribution >= 0.6 is 0 Å². The molecule has 2 N–H and O–H groups in total. The smallest absolute Gasteiger partial charge is 0.329 e. The third-order valence-corrected chi connectivity index (χ3v) is 4.35. The normalized spacial score (nSPS) is 23.9. The summed E-state index contributed by atoms with van der Waals surface area (Å²) in [7, 11) is 0. The Morgan fingerprint density at radius 3 is 2.11 bits per heavy atom. The van der Waals surface area contributed by atoms with Crippen LogP contribution < -0.4 is 5.32 Å². The van der Waals surface area contributed by atoms with Gasteiger partial charge in [0.15, 0.2) is 0 Å². The third kappa shape index (κ3) is 3.39. The second-order valence-electron chi connectivity index (χ2n) is 5.97. The predicted molar refractivity (Wildman–Crippen MR) is 72.0 cm³/mol. The Bertz CT molecular complexity index is 347. The summed E-state index contributed by atoms with van der Waals surface area (Å²) >= 11 is 0. The fourth-order valence-corrected chi connectivity index (χ4v) is 2.74. The van der Waals surface area contributed by atoms with Crippen LogP contribution in [0.15, 0.2) is 0 Å². The van der Waals surface area contributed by atoms with Crippen LogP contribution in [0.4, 0.5) is 4.79 Å². The van der Waals surface area contributed by atoms with Crippen molar-refractivity contribution in [2.75, 3.05) is 13.1 Å². The molecule has 0 radical (unpaired) electrons. The van der Waals surface area contributed by atoms with Crippen LogP contribution in [0.5, 0.6) is 0 Å². The molecule has 0 bridgehead atoms. The van der Waals surface area contributed by atoms with Crippen molar-refractivity contribution < 1.29 is 14.7 Å². The quantitative estimate of drug-likeness (QED) is 0.824. The van der Waals surface area contributed by atoms with Crippen LogP contribution in [0.25, 0.3) is 0 Å². The zero-order valence-electron chi connectivity index (χ0n) is 11.7. The van der Waals surface area contributed by atoms with E-state index in [-0.39, 0.29) is 11.9 Å². The summed E-state index contributed by atoms with van der Waals surface area (Å²) in [6.07, 6.45) is 7.36. The Morgan fingerprint density at radius 2 is 1.63 bits per heavy atom. The molecule has 5 nitrogen and oxygen atoms in total. The van der Waals surface area contributed by atoms with Crippen molar-refractivity contribution in [3.8, 4) is 0 Å². The van der Waals surface area contributed by atoms with Gasteiger partial charge in [0.05, 0.1) is 0 Å². The van der Waals surface area contributed by atoms with Crippen LogP contribution in [-0.4, -0.2) is 40.6 Å². The van der Waals surface area contributed by atoms with E-state index in [9.17, 15) is 14.7 Å². The molecule has 2 fully saturated rings. The van der Waals surface area contributed by atoms with Crippen LogP contribution in [0.2, 0.25) is 0 Å². The zero-order chi connectivity index (χ0) is 13.9. The molecule has 1 saturated heterocycles. The molecular formula is C14H24N2O3. The Kier molecular flexibility index (Phi) is 4.32. The second kappa shape index (κ2) is 5.80. The van der Waals surface area contributed by atoms with Crippen molar-refractivity contribution in [3.63, 3.8) is 0 Å². The van der Waals surface area contributed by atoms with E-state index in [2.05, 4.69) is 5.32 Å². The molecule has 1 aliphatic carbocycles. The van der Waals surface area contributed by atoms with Gasteiger partial charge in [0.1, 0.15) is 5.54 Å². The number of carboxylic acid groups (broad SMARTS) is 1. The summed E-state index contributed by atoms with van der Waals surface area (Å²) < 4.78 is 0. The van der Waals surface area contributed by atoms with Crippen molar-refractivity contribution in [2.45, 2.75) is 57.4 Å². The summed E-state index contributed by atoms with van der Waals surface area (Å²) in [5, 5.41) is 12.1. The molecule has 108 valence electrons. The maximum atomic E-state index is 12.3. The fraction of sp³-hybridized carbons (Fsp3) is 0.857. The number of carbonyl (C=O) groups is 2. The number of rotatable bonds is 3. The van der Waals surface area contributed by atoms with Crippen molar-refractivity contribution in [3.05, 3.63) is 0 Å². The topological polar surface area (TPSA) is 69.6 Å². The zero-order valence-corrected chi connectivity index (χ0v) is 11.7. The van der Waals surface area contributed by atoms with Crippen LogP contribution in [0.1, 0.15) is 51.9 Å². The van der Waals surface area contributed by atoms with E-state index < -0.39 is 11.5 Å². The minimum Gasteiger partial charge on any atom is -0.480 e. The van der Waals surface area contributed by atoms with Gasteiger partial charge in [-0.25, -0.2) is 9.59 Å². The first-order valence-corrected chi connectivity index (χ1v) is 7.34. The number of hydrogen-bond donors (Lipinski definition) is 2. The van der Waals surface area contributed by atoms with Gasteiger partial charge in [0.2, 0.25) is 0 Å². The van der Waals surface area contributed by atoms with Crippen molar-refractivity contribution >= 4 is 12.0 Å². The molecule has 2 rings (SSSR count). The highest BCUT2D eigenvalue weighted by Gasteiger charge is 2.49. The van der Waals surface area contributed by atoms with Crippen molar-refractivity contribution in [2.24, 2.45) is 5.92 Å². The first-order chi connectivity index (χ1) is 9.04. The van der Waals surface area contributed by atoms with Crippen LogP contribution in [0, 0.1) is 5.92 Å². The van der Waals surface area contributed by atoms with Gasteiger partial charge in [0.25, 0.3) is 0 Å². The summed E-state index contributed by atoms with van der Waals surface area (Å²) in [6.45, 7) is 3.12. The lowest BCUT2D eigenvalue weighted by atomic mass is 9.96. The Balaban J connectivity index is 1.96. The number of hydrogen-bond acceptors (Lipinski definition) is 2. The maximum absolute atomic E-state index is 12.3. The second-order valence-corrected chi connectivity index (χ2v) is 5.97. The van der Waals surface area contributed by atoms with Crippen molar-refractivity contribution in [1.29, 1.82) is 0 Å². The lowest BCUT2D eigenvalue weighted by molar-refractivity contribution is -0.144. The number of carbonyl (C=O) groups excluding carboxylic acids is 1. The lowest BCUT2D eigenvalue weighted by Gasteiger charge is -2.31. The largest absolute Gasteiger partial charge is 0.480 e. The molecule has 2 aliphatic rings. The van der Waals surface area contributed by atoms with Gasteiger partial charge >= 0.3 is 12.0 Å². The molecule has 1 unspecified atom stereocenters. The van der Waals surface area contributed by atoms with Gasteiger partial charge in [-0.2, -0.15) is 0 Å². The van der Waals surface area contributed by atoms with Gasteiger partial charge in [-0.3, -0.25) is 0 Å². The molecule has 2 amide bonds. The lowest BCUT2D eigenvalue weighted by Crippen LogP contribution is -2.57. The summed E-state index contributed by atoms with van der Waals surface area (Å²) in [6, 6.07) is -0.210. The van der Waals surface area contributed by atoms with E-state index in [1.54, 1.807) is 11.8 Å². The molecular weight excluding hydrogens is 244 g/mol. The van der Waals surface area contributed by atoms with E-state index in [0.717, 1.165) is 51.6 Å². The van der Waals surface area contributed by atoms with Gasteiger partial charge < -0.3 is 15.3 Å². The van der Waals surface area contributed by atoms with E-state index >= 15 is 0 Å². The van der Waals surface area contributed by atoms with Crippen LogP contribution in [0.3, 0.4) is 0 Å². The monoisotopic (exact) mass is 268 g/mol. The van der Waals surface area contributed by atoms with E-state index in [1.807, 2.05) is 0 Å². The number of urea groups is 1. The Morgan fingerprint density at radius 1 is 1.11 bits per heavy atom. The van der Waals surface area contributed by atoms with Gasteiger partial charge in [-0.15, -0.1) is 0 Å². The number of nitrogens with one attached hydrogen (secondary N) is 1. The maximum Gasteiger partial charge on any atom is 0.329 e. The number of nitrogens with zero attached hydrogens (tertiary/aromatic N) is 1. The van der Waals surface area contributed by atoms with Gasteiger partial charge in [0, 0.05) is 13.1 Å². The minimum absolute atomic E-state index is 0.0868. The summed E-state index contributed by atoms with van der Waals surface area (Å²) in [4.78, 5) is 25.5. The molecule has 19 heavy (non-hydrogen) atoms. The third-order valence-electron chi connectivity index (χ3n) is 4.35. The minimum atomic E-state index is -1.10. The van der Waals surface area contributed by atoms with E-state index in [4.69, 9.17) is 0 Å². The van der Waals surface area contributed by atoms with Gasteiger partial charge in [-0.05, 0) is 38.5 Å². The highest BCUT2D eigenvalue weighted by atomic mass is 16.4. The predicted octanol–water partition coefficient (Wildman–Crippen LogP) is 2.22. The summed E-state index contributed by atoms with van der Waals surface area (Å²) in [5.74, 6) is -0.834. The molecule has 1 atom stereocenters. The standard InChI is InChI=1S/C14H24N2O3/c1-14(12(17)18,11-7-8-11)15-13(19)16-9-5-3-2-4-6-10-16/h11H,2-10H2,1H3,(H,15,19)(H,17,18). The number of aliphatic carboxylic acids is 1. The Hall–Kier alpha value is -1.26. The number of likely N-dealkylation sites (tertiary alicyclic amines) is 1. The number of carboxylic acids is 1.